The predicted molar refractivity (Wildman–Crippen MR) is 111 cm³/mol. The zero-order valence-electron chi connectivity index (χ0n) is 16.2. The maximum absolute atomic E-state index is 12.2. The van der Waals surface area contributed by atoms with Gasteiger partial charge in [-0.15, -0.1) is 12.4 Å². The number of carbonyl (C=O) groups is 2. The van der Waals surface area contributed by atoms with E-state index < -0.39 is 0 Å². The van der Waals surface area contributed by atoms with Crippen LogP contribution >= 0.6 is 12.4 Å². The van der Waals surface area contributed by atoms with E-state index in [1.807, 2.05) is 30.3 Å². The maximum Gasteiger partial charge on any atom is 0.317 e. The van der Waals surface area contributed by atoms with Gasteiger partial charge in [-0.25, -0.2) is 4.79 Å². The van der Waals surface area contributed by atoms with Crippen LogP contribution in [0.3, 0.4) is 0 Å². The van der Waals surface area contributed by atoms with Crippen molar-refractivity contribution in [1.82, 2.24) is 15.5 Å². The SMILES string of the molecule is CN(Cc1ccccc1)C(=O)NCCC(=O)NC(CN)C1CCCCC1.Cl. The third kappa shape index (κ3) is 8.18. The van der Waals surface area contributed by atoms with E-state index >= 15 is 0 Å². The highest BCUT2D eigenvalue weighted by molar-refractivity contribution is 5.85. The van der Waals surface area contributed by atoms with Crippen LogP contribution in [0, 0.1) is 5.92 Å². The minimum atomic E-state index is -0.177. The van der Waals surface area contributed by atoms with Crippen molar-refractivity contribution >= 4 is 24.3 Å². The lowest BCUT2D eigenvalue weighted by Crippen LogP contribution is -2.47. The Bertz CT molecular complexity index is 564. The average molecular weight is 397 g/mol. The van der Waals surface area contributed by atoms with Crippen LogP contribution in [0.2, 0.25) is 0 Å². The van der Waals surface area contributed by atoms with Gasteiger partial charge < -0.3 is 21.3 Å². The van der Waals surface area contributed by atoms with E-state index in [2.05, 4.69) is 10.6 Å². The molecule has 27 heavy (non-hydrogen) atoms. The first-order chi connectivity index (χ1) is 12.6. The topological polar surface area (TPSA) is 87.5 Å². The van der Waals surface area contributed by atoms with Gasteiger partial charge in [0.05, 0.1) is 0 Å². The molecule has 1 aliphatic rings. The van der Waals surface area contributed by atoms with Crippen LogP contribution in [0.5, 0.6) is 0 Å². The Morgan fingerprint density at radius 3 is 2.48 bits per heavy atom. The van der Waals surface area contributed by atoms with Crippen molar-refractivity contribution in [3.8, 4) is 0 Å². The van der Waals surface area contributed by atoms with Crippen LogP contribution in [0.1, 0.15) is 44.1 Å². The molecule has 1 aromatic rings. The molecule has 2 rings (SSSR count). The Kier molecular flexibility index (Phi) is 10.8. The average Bonchev–Trinajstić information content (AvgIpc) is 2.67. The van der Waals surface area contributed by atoms with Gasteiger partial charge in [-0.05, 0) is 24.3 Å². The summed E-state index contributed by atoms with van der Waals surface area (Å²) < 4.78 is 0. The summed E-state index contributed by atoms with van der Waals surface area (Å²) >= 11 is 0. The lowest BCUT2D eigenvalue weighted by molar-refractivity contribution is -0.122. The molecule has 0 radical (unpaired) electrons. The smallest absolute Gasteiger partial charge is 0.317 e. The van der Waals surface area contributed by atoms with Gasteiger partial charge in [0.25, 0.3) is 0 Å². The summed E-state index contributed by atoms with van der Waals surface area (Å²) in [5.41, 5.74) is 6.92. The van der Waals surface area contributed by atoms with Crippen LogP contribution in [0.25, 0.3) is 0 Å². The highest BCUT2D eigenvalue weighted by Gasteiger charge is 2.23. The molecule has 1 unspecified atom stereocenters. The van der Waals surface area contributed by atoms with Crippen molar-refractivity contribution < 1.29 is 9.59 Å². The lowest BCUT2D eigenvalue weighted by Gasteiger charge is -2.30. The van der Waals surface area contributed by atoms with Gasteiger partial charge in [0.15, 0.2) is 0 Å². The molecule has 0 bridgehead atoms. The number of benzene rings is 1. The fraction of sp³-hybridized carbons (Fsp3) is 0.600. The quantitative estimate of drug-likeness (QED) is 0.631. The third-order valence-electron chi connectivity index (χ3n) is 5.06. The number of rotatable bonds is 8. The molecule has 1 aromatic carbocycles. The molecule has 0 spiro atoms. The molecular weight excluding hydrogens is 364 g/mol. The fourth-order valence-electron chi connectivity index (χ4n) is 3.53. The first-order valence-corrected chi connectivity index (χ1v) is 9.62. The molecule has 152 valence electrons. The summed E-state index contributed by atoms with van der Waals surface area (Å²) in [7, 11) is 1.75. The van der Waals surface area contributed by atoms with Gasteiger partial charge in [0.2, 0.25) is 5.91 Å². The predicted octanol–water partition coefficient (Wildman–Crippen LogP) is 2.66. The standard InChI is InChI=1S/C20H32N4O2.ClH/c1-24(15-16-8-4-2-5-9-16)20(26)22-13-12-19(25)23-18(14-21)17-10-6-3-7-11-17;/h2,4-5,8-9,17-18H,3,6-7,10-15,21H2,1H3,(H,22,26)(H,23,25);1H. The third-order valence-corrected chi connectivity index (χ3v) is 5.06. The van der Waals surface area contributed by atoms with Crippen molar-refractivity contribution in [2.45, 2.75) is 51.1 Å². The maximum atomic E-state index is 12.2. The minimum Gasteiger partial charge on any atom is -0.352 e. The number of hydrogen-bond acceptors (Lipinski definition) is 3. The van der Waals surface area contributed by atoms with E-state index in [0.29, 0.717) is 25.6 Å². The normalized spacial score (nSPS) is 15.3. The summed E-state index contributed by atoms with van der Waals surface area (Å²) in [6.45, 7) is 1.34. The van der Waals surface area contributed by atoms with Gasteiger partial charge in [-0.1, -0.05) is 49.6 Å². The van der Waals surface area contributed by atoms with Gasteiger partial charge in [0, 0.05) is 39.1 Å². The van der Waals surface area contributed by atoms with Gasteiger partial charge >= 0.3 is 6.03 Å². The Morgan fingerprint density at radius 2 is 1.85 bits per heavy atom. The number of amides is 3. The molecule has 4 N–H and O–H groups in total. The number of carbonyl (C=O) groups excluding carboxylic acids is 2. The second-order valence-electron chi connectivity index (χ2n) is 7.13. The van der Waals surface area contributed by atoms with Gasteiger partial charge in [0.1, 0.15) is 0 Å². The summed E-state index contributed by atoms with van der Waals surface area (Å²) in [4.78, 5) is 25.9. The molecule has 0 heterocycles. The Balaban J connectivity index is 0.00000364. The second kappa shape index (κ2) is 12.6. The first-order valence-electron chi connectivity index (χ1n) is 9.62. The number of nitrogens with one attached hydrogen (secondary N) is 2. The van der Waals surface area contributed by atoms with E-state index in [1.165, 1.54) is 19.3 Å². The molecule has 1 saturated carbocycles. The number of nitrogens with zero attached hydrogens (tertiary/aromatic N) is 1. The van der Waals surface area contributed by atoms with E-state index in [1.54, 1.807) is 11.9 Å². The Hall–Kier alpha value is -1.79. The summed E-state index contributed by atoms with van der Waals surface area (Å²) in [6, 6.07) is 9.69. The van der Waals surface area contributed by atoms with Gasteiger partial charge in [-0.2, -0.15) is 0 Å². The Labute approximate surface area is 168 Å². The van der Waals surface area contributed by atoms with Crippen LogP contribution in [-0.4, -0.2) is 43.0 Å². The summed E-state index contributed by atoms with van der Waals surface area (Å²) in [6.07, 6.45) is 6.28. The minimum absolute atomic E-state index is 0. The lowest BCUT2D eigenvalue weighted by atomic mass is 9.84. The summed E-state index contributed by atoms with van der Waals surface area (Å²) in [5, 5.41) is 5.85. The first kappa shape index (κ1) is 23.2. The van der Waals surface area contributed by atoms with Crippen LogP contribution < -0.4 is 16.4 Å². The number of hydrogen-bond donors (Lipinski definition) is 3. The largest absolute Gasteiger partial charge is 0.352 e. The molecule has 7 heteroatoms. The number of halogens is 1. The zero-order valence-corrected chi connectivity index (χ0v) is 17.0. The summed E-state index contributed by atoms with van der Waals surface area (Å²) in [5.74, 6) is 0.446. The molecule has 0 aliphatic heterocycles. The monoisotopic (exact) mass is 396 g/mol. The van der Waals surface area contributed by atoms with Crippen LogP contribution in [0.15, 0.2) is 30.3 Å². The Morgan fingerprint density at radius 1 is 1.19 bits per heavy atom. The second-order valence-corrected chi connectivity index (χ2v) is 7.13. The number of urea groups is 1. The molecule has 3 amide bonds. The van der Waals surface area contributed by atoms with Crippen molar-refractivity contribution in [1.29, 1.82) is 0 Å². The van der Waals surface area contributed by atoms with E-state index in [9.17, 15) is 9.59 Å². The van der Waals surface area contributed by atoms with E-state index in [-0.39, 0.29) is 36.8 Å². The molecule has 1 aliphatic carbocycles. The molecule has 1 atom stereocenters. The van der Waals surface area contributed by atoms with E-state index in [0.717, 1.165) is 18.4 Å². The van der Waals surface area contributed by atoms with Gasteiger partial charge in [-0.3, -0.25) is 4.79 Å². The number of nitrogens with two attached hydrogens (primary N) is 1. The van der Waals surface area contributed by atoms with Crippen molar-refractivity contribution in [2.24, 2.45) is 11.7 Å². The highest BCUT2D eigenvalue weighted by Crippen LogP contribution is 2.26. The molecule has 0 aromatic heterocycles. The van der Waals surface area contributed by atoms with Crippen molar-refractivity contribution in [2.75, 3.05) is 20.1 Å². The highest BCUT2D eigenvalue weighted by atomic mass is 35.5. The zero-order chi connectivity index (χ0) is 18.8. The van der Waals surface area contributed by atoms with Crippen LogP contribution in [0.4, 0.5) is 4.79 Å². The molecule has 6 nitrogen and oxygen atoms in total. The van der Waals surface area contributed by atoms with Crippen molar-refractivity contribution in [3.05, 3.63) is 35.9 Å². The molecular formula is C20H33ClN4O2. The molecule has 0 saturated heterocycles. The van der Waals surface area contributed by atoms with Crippen LogP contribution in [-0.2, 0) is 11.3 Å². The fourth-order valence-corrected chi connectivity index (χ4v) is 3.53. The molecule has 1 fully saturated rings. The van der Waals surface area contributed by atoms with E-state index in [4.69, 9.17) is 5.73 Å². The van der Waals surface area contributed by atoms with Crippen molar-refractivity contribution in [3.63, 3.8) is 0 Å².